The van der Waals surface area contributed by atoms with Crippen LogP contribution in [-0.2, 0) is 25.5 Å². The zero-order valence-corrected chi connectivity index (χ0v) is 32.1. The molecule has 0 saturated carbocycles. The number of ether oxygens (including phenoxy) is 6. The molecule has 5 N–H and O–H groups in total. The molecule has 3 aromatic carbocycles. The van der Waals surface area contributed by atoms with Gasteiger partial charge < -0.3 is 55.0 Å². The Kier molecular flexibility index (Phi) is 19.7. The predicted molar refractivity (Wildman–Crippen MR) is 213 cm³/mol. The average Bonchev–Trinajstić information content (AvgIpc) is 3.24. The minimum atomic E-state index is -0.247. The Labute approximate surface area is 330 Å². The van der Waals surface area contributed by atoms with Crippen molar-refractivity contribution in [2.24, 2.45) is 5.11 Å². The third-order valence-electron chi connectivity index (χ3n) is 7.73. The largest absolute Gasteiger partial charge is 0.493 e. The summed E-state index contributed by atoms with van der Waals surface area (Å²) >= 11 is 0. The average molecular weight is 788 g/mol. The summed E-state index contributed by atoms with van der Waals surface area (Å²) in [5.74, 6) is 1.67. The number of hydrogen-bond acceptors (Lipinski definition) is 15. The minimum absolute atomic E-state index is 0.144. The Morgan fingerprint density at radius 1 is 0.632 bits per heavy atom. The van der Waals surface area contributed by atoms with Gasteiger partial charge in [0, 0.05) is 60.0 Å². The number of methoxy groups -OCH3 is 2. The van der Waals surface area contributed by atoms with Gasteiger partial charge in [0.05, 0.1) is 67.1 Å². The fraction of sp³-hybridized carbons (Fsp3) is 0.395. The van der Waals surface area contributed by atoms with Gasteiger partial charge in [-0.25, -0.2) is 0 Å². The van der Waals surface area contributed by atoms with E-state index in [-0.39, 0.29) is 24.3 Å². The first-order chi connectivity index (χ1) is 28.0. The normalized spacial score (nSPS) is 10.6. The van der Waals surface area contributed by atoms with Crippen LogP contribution in [0.1, 0.15) is 26.3 Å². The Morgan fingerprint density at radius 2 is 1.21 bits per heavy atom. The maximum Gasteiger partial charge on any atom is 0.251 e. The van der Waals surface area contributed by atoms with E-state index >= 15 is 0 Å². The SMILES string of the molecule is COc1cccc(CNc2nc(NCCOCCOCCNC(=O)c3ccccc3)nc(Nc3ccc(C(=O)NCCOCCOCCN=[N+]=[N-])cc3)n2)c1OC. The van der Waals surface area contributed by atoms with Gasteiger partial charge in [0.1, 0.15) is 0 Å². The van der Waals surface area contributed by atoms with Crippen LogP contribution in [-0.4, -0.2) is 120 Å². The summed E-state index contributed by atoms with van der Waals surface area (Å²) in [4.78, 5) is 41.1. The molecule has 0 fully saturated rings. The van der Waals surface area contributed by atoms with Gasteiger partial charge in [-0.15, -0.1) is 0 Å². The van der Waals surface area contributed by atoms with Crippen molar-refractivity contribution in [1.29, 1.82) is 0 Å². The van der Waals surface area contributed by atoms with Crippen LogP contribution in [0.3, 0.4) is 0 Å². The van der Waals surface area contributed by atoms with Gasteiger partial charge in [-0.2, -0.15) is 15.0 Å². The van der Waals surface area contributed by atoms with E-state index in [9.17, 15) is 9.59 Å². The number of amides is 2. The molecule has 0 bridgehead atoms. The number of nitrogens with zero attached hydrogens (tertiary/aromatic N) is 6. The summed E-state index contributed by atoms with van der Waals surface area (Å²) in [7, 11) is 3.16. The van der Waals surface area contributed by atoms with Crippen LogP contribution in [0.2, 0.25) is 0 Å². The minimum Gasteiger partial charge on any atom is -0.493 e. The third-order valence-corrected chi connectivity index (χ3v) is 7.73. The van der Waals surface area contributed by atoms with Gasteiger partial charge in [-0.3, -0.25) is 9.59 Å². The predicted octanol–water partition coefficient (Wildman–Crippen LogP) is 4.19. The second-order valence-electron chi connectivity index (χ2n) is 11.7. The number of para-hydroxylation sites is 1. The first-order valence-electron chi connectivity index (χ1n) is 18.2. The standard InChI is InChI=1S/C38H49N11O8/c1-52-32-10-6-9-30(33(32)53-2)27-43-37-46-36(42-17-21-56-24-23-54-19-15-40-34(50)28-7-4-3-5-8-28)47-38(48-37)45-31-13-11-29(12-14-31)35(51)41-16-20-55-25-26-57-22-18-44-49-39/h3-14H,15-27H2,1-2H3,(H,40,50)(H,41,51)(H3,42,43,45,46,47,48). The van der Waals surface area contributed by atoms with E-state index in [0.717, 1.165) is 5.56 Å². The van der Waals surface area contributed by atoms with Crippen LogP contribution >= 0.6 is 0 Å². The maximum absolute atomic E-state index is 12.7. The lowest BCUT2D eigenvalue weighted by Gasteiger charge is -2.14. The molecule has 1 heterocycles. The molecule has 1 aromatic heterocycles. The highest BCUT2D eigenvalue weighted by Crippen LogP contribution is 2.31. The first-order valence-corrected chi connectivity index (χ1v) is 18.2. The highest BCUT2D eigenvalue weighted by Gasteiger charge is 2.13. The van der Waals surface area contributed by atoms with E-state index in [0.29, 0.717) is 119 Å². The van der Waals surface area contributed by atoms with Gasteiger partial charge >= 0.3 is 0 Å². The Hall–Kier alpha value is -6.24. The Balaban J connectivity index is 1.25. The molecule has 304 valence electrons. The van der Waals surface area contributed by atoms with Crippen molar-refractivity contribution in [3.8, 4) is 11.5 Å². The molecule has 0 unspecified atom stereocenters. The highest BCUT2D eigenvalue weighted by molar-refractivity contribution is 5.94. The quantitative estimate of drug-likeness (QED) is 0.0235. The fourth-order valence-electron chi connectivity index (χ4n) is 4.99. The molecule has 0 saturated heterocycles. The van der Waals surface area contributed by atoms with Crippen LogP contribution in [0.25, 0.3) is 10.4 Å². The highest BCUT2D eigenvalue weighted by atomic mass is 16.5. The van der Waals surface area contributed by atoms with Crippen LogP contribution in [0.4, 0.5) is 23.5 Å². The van der Waals surface area contributed by atoms with E-state index in [2.05, 4.69) is 51.6 Å². The molecule has 19 nitrogen and oxygen atoms in total. The number of carbonyl (C=O) groups is 2. The summed E-state index contributed by atoms with van der Waals surface area (Å²) in [5.41, 5.74) is 10.8. The molecular weight excluding hydrogens is 738 g/mol. The molecule has 2 amide bonds. The fourth-order valence-corrected chi connectivity index (χ4v) is 4.99. The molecule has 57 heavy (non-hydrogen) atoms. The zero-order chi connectivity index (χ0) is 40.3. The number of rotatable bonds is 28. The van der Waals surface area contributed by atoms with Gasteiger partial charge in [0.2, 0.25) is 17.8 Å². The Morgan fingerprint density at radius 3 is 1.82 bits per heavy atom. The number of nitrogens with one attached hydrogen (secondary N) is 5. The van der Waals surface area contributed by atoms with E-state index in [1.54, 1.807) is 50.6 Å². The van der Waals surface area contributed by atoms with Gasteiger partial charge in [-0.05, 0) is 48.0 Å². The molecule has 0 atom stereocenters. The molecule has 0 aliphatic heterocycles. The third kappa shape index (κ3) is 16.2. The molecule has 0 spiro atoms. The molecule has 4 rings (SSSR count). The van der Waals surface area contributed by atoms with Crippen LogP contribution in [0.15, 0.2) is 77.9 Å². The number of anilines is 4. The van der Waals surface area contributed by atoms with Crippen molar-refractivity contribution >= 4 is 35.3 Å². The van der Waals surface area contributed by atoms with E-state index in [1.165, 1.54) is 0 Å². The van der Waals surface area contributed by atoms with E-state index < -0.39 is 0 Å². The molecule has 19 heteroatoms. The topological polar surface area (TPSA) is 237 Å². The number of azide groups is 1. The van der Waals surface area contributed by atoms with Gasteiger partial charge in [-0.1, -0.05) is 35.4 Å². The second-order valence-corrected chi connectivity index (χ2v) is 11.7. The monoisotopic (exact) mass is 787 g/mol. The van der Waals surface area contributed by atoms with Gasteiger partial charge in [0.25, 0.3) is 11.8 Å². The number of benzene rings is 3. The smallest absolute Gasteiger partial charge is 0.251 e. The maximum atomic E-state index is 12.7. The zero-order valence-electron chi connectivity index (χ0n) is 32.1. The Bertz CT molecular complexity index is 1850. The summed E-state index contributed by atoms with van der Waals surface area (Å²) in [6, 6.07) is 21.5. The van der Waals surface area contributed by atoms with Crippen molar-refractivity contribution < 1.29 is 38.0 Å². The number of carbonyl (C=O) groups excluding carboxylic acids is 2. The second kappa shape index (κ2) is 25.8. The first kappa shape index (κ1) is 43.5. The van der Waals surface area contributed by atoms with Crippen molar-refractivity contribution in [2.75, 3.05) is 109 Å². The lowest BCUT2D eigenvalue weighted by atomic mass is 10.2. The number of hydrogen-bond donors (Lipinski definition) is 5. The molecule has 4 aromatic rings. The van der Waals surface area contributed by atoms with E-state index in [1.807, 2.05) is 36.4 Å². The number of aromatic nitrogens is 3. The summed E-state index contributed by atoms with van der Waals surface area (Å²) in [6.45, 7) is 4.56. The van der Waals surface area contributed by atoms with Crippen molar-refractivity contribution in [3.63, 3.8) is 0 Å². The molecule has 0 aliphatic rings. The van der Waals surface area contributed by atoms with Crippen LogP contribution < -0.4 is 36.1 Å². The van der Waals surface area contributed by atoms with E-state index in [4.69, 9.17) is 34.0 Å². The van der Waals surface area contributed by atoms with Gasteiger partial charge in [0.15, 0.2) is 11.5 Å². The summed E-state index contributed by atoms with van der Waals surface area (Å²) in [6.07, 6.45) is 0. The van der Waals surface area contributed by atoms with Crippen LogP contribution in [0.5, 0.6) is 11.5 Å². The van der Waals surface area contributed by atoms with Crippen LogP contribution in [0, 0.1) is 0 Å². The van der Waals surface area contributed by atoms with Crippen molar-refractivity contribution in [1.82, 2.24) is 25.6 Å². The summed E-state index contributed by atoms with van der Waals surface area (Å²) in [5, 5.41) is 18.6. The lowest BCUT2D eigenvalue weighted by molar-refractivity contribution is 0.0511. The summed E-state index contributed by atoms with van der Waals surface area (Å²) < 4.78 is 33.0. The lowest BCUT2D eigenvalue weighted by Crippen LogP contribution is -2.27. The molecular formula is C38H49N11O8. The van der Waals surface area contributed by atoms with Crippen molar-refractivity contribution in [2.45, 2.75) is 6.54 Å². The van der Waals surface area contributed by atoms with Crippen molar-refractivity contribution in [3.05, 3.63) is 99.9 Å². The molecule has 0 radical (unpaired) electrons. The molecule has 0 aliphatic carbocycles.